The van der Waals surface area contributed by atoms with E-state index < -0.39 is 5.41 Å². The van der Waals surface area contributed by atoms with E-state index in [1.165, 1.54) is 33.4 Å². The zero-order valence-corrected chi connectivity index (χ0v) is 34.0. The van der Waals surface area contributed by atoms with E-state index in [4.69, 9.17) is 19.4 Å². The Balaban J connectivity index is 1.16. The van der Waals surface area contributed by atoms with Crippen LogP contribution in [-0.2, 0) is 5.41 Å². The summed E-state index contributed by atoms with van der Waals surface area (Å²) in [6.45, 7) is 0. The molecular weight excluding hydrogens is 769 g/mol. The first-order chi connectivity index (χ1) is 31.3. The average Bonchev–Trinajstić information content (AvgIpc) is 4.01. The topological polar surface area (TPSA) is 56.7 Å². The van der Waals surface area contributed by atoms with E-state index in [0.717, 1.165) is 66.1 Å². The molecule has 3 heterocycles. The van der Waals surface area contributed by atoms with Gasteiger partial charge in [0.05, 0.1) is 21.8 Å². The second-order valence-electron chi connectivity index (χ2n) is 16.3. The van der Waals surface area contributed by atoms with Crippen LogP contribution in [0.4, 0.5) is 0 Å². The van der Waals surface area contributed by atoms with Crippen LogP contribution in [0.1, 0.15) is 22.3 Å². The van der Waals surface area contributed by atoms with Crippen molar-refractivity contribution in [2.75, 3.05) is 0 Å². The fraction of sp³-hybridized carbons (Fsp3) is 0.0172. The van der Waals surface area contributed by atoms with Crippen LogP contribution in [0.3, 0.4) is 0 Å². The third-order valence-corrected chi connectivity index (χ3v) is 12.9. The lowest BCUT2D eigenvalue weighted by Gasteiger charge is -2.34. The maximum Gasteiger partial charge on any atom is 0.164 e. The molecule has 63 heavy (non-hydrogen) atoms. The van der Waals surface area contributed by atoms with E-state index in [1.807, 2.05) is 66.7 Å². The molecule has 1 aliphatic rings. The molecule has 0 spiro atoms. The number of nitrogens with zero attached hydrogens (tertiary/aromatic N) is 4. The molecule has 0 N–H and O–H groups in total. The fourth-order valence-corrected chi connectivity index (χ4v) is 10.3. The zero-order valence-electron chi connectivity index (χ0n) is 34.0. The third kappa shape index (κ3) is 5.20. The Morgan fingerprint density at radius 1 is 0.413 bits per heavy atom. The molecule has 9 aromatic carbocycles. The Labute approximate surface area is 363 Å². The molecule has 0 unspecified atom stereocenters. The first kappa shape index (κ1) is 35.4. The molecule has 0 radical (unpaired) electrons. The van der Waals surface area contributed by atoms with Gasteiger partial charge in [-0.1, -0.05) is 188 Å². The summed E-state index contributed by atoms with van der Waals surface area (Å²) in [4.78, 5) is 15.3. The Morgan fingerprint density at radius 2 is 0.968 bits per heavy atom. The summed E-state index contributed by atoms with van der Waals surface area (Å²) in [7, 11) is 0. The van der Waals surface area contributed by atoms with Crippen LogP contribution in [-0.4, -0.2) is 19.5 Å². The smallest absolute Gasteiger partial charge is 0.164 e. The van der Waals surface area contributed by atoms with E-state index in [9.17, 15) is 0 Å². The second-order valence-corrected chi connectivity index (χ2v) is 16.3. The molecule has 12 aromatic rings. The highest BCUT2D eigenvalue weighted by molar-refractivity contribution is 6.25. The molecule has 0 aliphatic heterocycles. The van der Waals surface area contributed by atoms with Crippen molar-refractivity contribution in [2.24, 2.45) is 0 Å². The SMILES string of the molecule is c1ccc(-c2nc(-c3ccccc3)nc(-c3cccc(-n4c5ccc6c7ccccc7oc6c5c5ccc6c(c54)C(c4ccccc4)(c4ccccc4)c4ccccc4-6)c3)n2)cc1. The van der Waals surface area contributed by atoms with Gasteiger partial charge in [-0.05, 0) is 58.1 Å². The molecule has 0 atom stereocenters. The number of benzene rings is 9. The lowest BCUT2D eigenvalue weighted by Crippen LogP contribution is -2.29. The minimum Gasteiger partial charge on any atom is -0.455 e. The maximum atomic E-state index is 6.89. The molecule has 1 aliphatic carbocycles. The van der Waals surface area contributed by atoms with Gasteiger partial charge in [0.15, 0.2) is 17.5 Å². The normalized spacial score (nSPS) is 12.9. The molecular formula is C58H36N4O. The van der Waals surface area contributed by atoms with Gasteiger partial charge >= 0.3 is 0 Å². The van der Waals surface area contributed by atoms with Gasteiger partial charge in [-0.2, -0.15) is 0 Å². The molecule has 0 saturated carbocycles. The summed E-state index contributed by atoms with van der Waals surface area (Å²) >= 11 is 0. The summed E-state index contributed by atoms with van der Waals surface area (Å²) in [5.41, 5.74) is 14.4. The highest BCUT2D eigenvalue weighted by Gasteiger charge is 2.48. The predicted molar refractivity (Wildman–Crippen MR) is 255 cm³/mol. The van der Waals surface area contributed by atoms with Crippen molar-refractivity contribution in [1.29, 1.82) is 0 Å². The first-order valence-electron chi connectivity index (χ1n) is 21.4. The van der Waals surface area contributed by atoms with Gasteiger partial charge in [-0.15, -0.1) is 0 Å². The summed E-state index contributed by atoms with van der Waals surface area (Å²) in [6.07, 6.45) is 0. The predicted octanol–water partition coefficient (Wildman–Crippen LogP) is 14.2. The molecule has 0 bridgehead atoms. The molecule has 0 saturated heterocycles. The molecule has 0 amide bonds. The standard InChI is InChI=1S/C58H36N4O/c1-5-18-37(19-6-1)55-59-56(38-20-7-2-8-21-38)61-57(60-55)39-22-17-27-42(36-39)62-49-35-34-46-44-29-14-16-31-50(44)63-54(46)51(49)47-33-32-45-43-28-13-15-30-48(43)58(52(45)53(47)62,40-23-9-3-10-24-40)41-25-11-4-12-26-41/h1-36H. The van der Waals surface area contributed by atoms with Crippen LogP contribution in [0, 0.1) is 0 Å². The van der Waals surface area contributed by atoms with Crippen molar-refractivity contribution >= 4 is 43.7 Å². The minimum atomic E-state index is -0.645. The Bertz CT molecular complexity index is 3630. The van der Waals surface area contributed by atoms with Crippen molar-refractivity contribution < 1.29 is 4.42 Å². The Morgan fingerprint density at radius 3 is 1.65 bits per heavy atom. The lowest BCUT2D eigenvalue weighted by atomic mass is 9.67. The largest absolute Gasteiger partial charge is 0.455 e. The van der Waals surface area contributed by atoms with E-state index in [1.54, 1.807) is 0 Å². The third-order valence-electron chi connectivity index (χ3n) is 12.9. The number of furan rings is 1. The van der Waals surface area contributed by atoms with Crippen molar-refractivity contribution in [1.82, 2.24) is 19.5 Å². The molecule has 5 heteroatoms. The van der Waals surface area contributed by atoms with E-state index in [2.05, 4.69) is 156 Å². The van der Waals surface area contributed by atoms with E-state index in [-0.39, 0.29) is 0 Å². The number of para-hydroxylation sites is 1. The van der Waals surface area contributed by atoms with Crippen LogP contribution < -0.4 is 0 Å². The molecule has 294 valence electrons. The number of fused-ring (bicyclic) bond motifs is 11. The Hall–Kier alpha value is -8.41. The van der Waals surface area contributed by atoms with Gasteiger partial charge in [0.2, 0.25) is 0 Å². The van der Waals surface area contributed by atoms with Gasteiger partial charge in [0.1, 0.15) is 11.2 Å². The quantitative estimate of drug-likeness (QED) is 0.168. The number of hydrogen-bond donors (Lipinski definition) is 0. The van der Waals surface area contributed by atoms with Gasteiger partial charge in [0.25, 0.3) is 0 Å². The summed E-state index contributed by atoms with van der Waals surface area (Å²) < 4.78 is 9.35. The van der Waals surface area contributed by atoms with Crippen LogP contribution in [0.25, 0.3) is 94.7 Å². The van der Waals surface area contributed by atoms with Crippen LogP contribution in [0.2, 0.25) is 0 Å². The number of hydrogen-bond acceptors (Lipinski definition) is 4. The average molecular weight is 805 g/mol. The number of aromatic nitrogens is 4. The fourth-order valence-electron chi connectivity index (χ4n) is 10.3. The van der Waals surface area contributed by atoms with Crippen molar-refractivity contribution in [2.45, 2.75) is 5.41 Å². The van der Waals surface area contributed by atoms with Gasteiger partial charge in [0, 0.05) is 44.1 Å². The summed E-state index contributed by atoms with van der Waals surface area (Å²) in [6, 6.07) is 77.5. The van der Waals surface area contributed by atoms with E-state index >= 15 is 0 Å². The Kier molecular flexibility index (Phi) is 7.75. The molecule has 3 aromatic heterocycles. The monoisotopic (exact) mass is 804 g/mol. The molecule has 0 fully saturated rings. The summed E-state index contributed by atoms with van der Waals surface area (Å²) in [5.74, 6) is 1.85. The zero-order chi connectivity index (χ0) is 41.5. The van der Waals surface area contributed by atoms with Gasteiger partial charge in [-0.25, -0.2) is 15.0 Å². The van der Waals surface area contributed by atoms with Crippen LogP contribution in [0.15, 0.2) is 223 Å². The second kappa shape index (κ2) is 13.8. The van der Waals surface area contributed by atoms with Crippen LogP contribution >= 0.6 is 0 Å². The van der Waals surface area contributed by atoms with Gasteiger partial charge < -0.3 is 8.98 Å². The molecule has 5 nitrogen and oxygen atoms in total. The molecule has 13 rings (SSSR count). The van der Waals surface area contributed by atoms with E-state index in [0.29, 0.717) is 17.5 Å². The highest BCUT2D eigenvalue weighted by Crippen LogP contribution is 2.59. The maximum absolute atomic E-state index is 6.89. The summed E-state index contributed by atoms with van der Waals surface area (Å²) in [5, 5.41) is 4.41. The highest BCUT2D eigenvalue weighted by atomic mass is 16.3. The minimum absolute atomic E-state index is 0.602. The van der Waals surface area contributed by atoms with Crippen molar-refractivity contribution in [3.05, 3.63) is 241 Å². The van der Waals surface area contributed by atoms with Crippen molar-refractivity contribution in [3.8, 4) is 51.0 Å². The number of rotatable bonds is 6. The lowest BCUT2D eigenvalue weighted by molar-refractivity contribution is 0.673. The van der Waals surface area contributed by atoms with Crippen molar-refractivity contribution in [3.63, 3.8) is 0 Å². The van der Waals surface area contributed by atoms with Crippen LogP contribution in [0.5, 0.6) is 0 Å². The van der Waals surface area contributed by atoms with Gasteiger partial charge in [-0.3, -0.25) is 0 Å². The first-order valence-corrected chi connectivity index (χ1v) is 21.4.